The second-order valence-electron chi connectivity index (χ2n) is 4.53. The minimum absolute atomic E-state index is 0.488. The van der Waals surface area contributed by atoms with Gasteiger partial charge in [-0.3, -0.25) is 0 Å². The van der Waals surface area contributed by atoms with E-state index in [2.05, 4.69) is 21.4 Å². The van der Waals surface area contributed by atoms with Crippen LogP contribution in [0.25, 0.3) is 5.65 Å². The number of rotatable bonds is 1. The molecule has 0 radical (unpaired) electrons. The molecule has 0 saturated heterocycles. The summed E-state index contributed by atoms with van der Waals surface area (Å²) in [5.74, 6) is 0.488. The molecule has 86 valence electrons. The number of fused-ring (bicyclic) bond motifs is 1. The van der Waals surface area contributed by atoms with E-state index in [0.29, 0.717) is 11.5 Å². The molecular weight excluding hydrogens is 214 g/mol. The van der Waals surface area contributed by atoms with Crippen LogP contribution in [0, 0.1) is 11.3 Å². The first-order chi connectivity index (χ1) is 8.38. The van der Waals surface area contributed by atoms with Crippen LogP contribution in [0.1, 0.15) is 49.3 Å². The first-order valence-corrected chi connectivity index (χ1v) is 5.99. The monoisotopic (exact) mass is 227 g/mol. The van der Waals surface area contributed by atoms with Crippen molar-refractivity contribution in [1.29, 1.82) is 5.26 Å². The van der Waals surface area contributed by atoms with Gasteiger partial charge in [0.2, 0.25) is 0 Å². The largest absolute Gasteiger partial charge is 0.234 e. The van der Waals surface area contributed by atoms with Gasteiger partial charge >= 0.3 is 0 Å². The second-order valence-corrected chi connectivity index (χ2v) is 4.53. The maximum absolute atomic E-state index is 8.80. The highest BCUT2D eigenvalue weighted by atomic mass is 15.4. The van der Waals surface area contributed by atoms with Crippen LogP contribution in [0.15, 0.2) is 12.4 Å². The van der Waals surface area contributed by atoms with Gasteiger partial charge < -0.3 is 0 Å². The maximum Gasteiger partial charge on any atom is 0.179 e. The molecule has 0 spiro atoms. The standard InChI is InChI=1S/C12H13N5/c13-6-9-7-14-12-11(15-16-17(12)8-9)10-4-2-1-3-5-10/h7-8,10H,1-5H2. The Morgan fingerprint density at radius 3 is 2.88 bits per heavy atom. The van der Waals surface area contributed by atoms with Crippen LogP contribution in [-0.4, -0.2) is 19.8 Å². The van der Waals surface area contributed by atoms with Crippen molar-refractivity contribution in [1.82, 2.24) is 19.8 Å². The zero-order chi connectivity index (χ0) is 11.7. The van der Waals surface area contributed by atoms with Crippen LogP contribution in [-0.2, 0) is 0 Å². The predicted octanol–water partition coefficient (Wildman–Crippen LogP) is 2.04. The Balaban J connectivity index is 2.03. The van der Waals surface area contributed by atoms with E-state index in [0.717, 1.165) is 11.3 Å². The van der Waals surface area contributed by atoms with Crippen molar-refractivity contribution in [2.75, 3.05) is 0 Å². The van der Waals surface area contributed by atoms with Crippen LogP contribution in [0.2, 0.25) is 0 Å². The third kappa shape index (κ3) is 1.76. The van der Waals surface area contributed by atoms with Gasteiger partial charge in [0, 0.05) is 12.1 Å². The normalized spacial score (nSPS) is 17.1. The molecule has 1 aliphatic rings. The lowest BCUT2D eigenvalue weighted by molar-refractivity contribution is 0.437. The lowest BCUT2D eigenvalue weighted by Crippen LogP contribution is -2.06. The number of nitriles is 1. The Labute approximate surface area is 99.1 Å². The number of aromatic nitrogens is 4. The molecule has 17 heavy (non-hydrogen) atoms. The predicted molar refractivity (Wildman–Crippen MR) is 61.3 cm³/mol. The van der Waals surface area contributed by atoms with Crippen molar-refractivity contribution >= 4 is 5.65 Å². The average Bonchev–Trinajstić information content (AvgIpc) is 2.82. The SMILES string of the molecule is N#Cc1cnc2c(C3CCCCC3)nnn2c1. The molecule has 5 nitrogen and oxygen atoms in total. The van der Waals surface area contributed by atoms with Gasteiger partial charge in [-0.2, -0.15) is 5.26 Å². The van der Waals surface area contributed by atoms with Gasteiger partial charge in [0.05, 0.1) is 11.8 Å². The van der Waals surface area contributed by atoms with Crippen LogP contribution >= 0.6 is 0 Å². The van der Waals surface area contributed by atoms with E-state index in [4.69, 9.17) is 5.26 Å². The highest BCUT2D eigenvalue weighted by Gasteiger charge is 2.21. The van der Waals surface area contributed by atoms with E-state index in [1.165, 1.54) is 32.1 Å². The molecule has 0 amide bonds. The summed E-state index contributed by atoms with van der Waals surface area (Å²) in [6, 6.07) is 2.06. The topological polar surface area (TPSA) is 66.9 Å². The van der Waals surface area contributed by atoms with Gasteiger partial charge in [0.15, 0.2) is 5.65 Å². The van der Waals surface area contributed by atoms with Crippen molar-refractivity contribution in [3.8, 4) is 6.07 Å². The second kappa shape index (κ2) is 4.13. The first-order valence-electron chi connectivity index (χ1n) is 5.99. The molecule has 2 heterocycles. The molecule has 0 bridgehead atoms. The summed E-state index contributed by atoms with van der Waals surface area (Å²) < 4.78 is 1.61. The van der Waals surface area contributed by atoms with E-state index < -0.39 is 0 Å². The molecule has 1 saturated carbocycles. The molecule has 5 heteroatoms. The molecule has 1 aliphatic carbocycles. The van der Waals surface area contributed by atoms with E-state index in [1.807, 2.05) is 0 Å². The molecule has 0 atom stereocenters. The summed E-state index contributed by atoms with van der Waals surface area (Å²) in [5, 5.41) is 17.1. The van der Waals surface area contributed by atoms with Crippen LogP contribution in [0.5, 0.6) is 0 Å². The summed E-state index contributed by atoms with van der Waals surface area (Å²) in [4.78, 5) is 4.30. The van der Waals surface area contributed by atoms with E-state index in [-0.39, 0.29) is 0 Å². The molecule has 1 fully saturated rings. The van der Waals surface area contributed by atoms with Gasteiger partial charge in [-0.1, -0.05) is 24.5 Å². The van der Waals surface area contributed by atoms with Crippen LogP contribution in [0.4, 0.5) is 0 Å². The highest BCUT2D eigenvalue weighted by Crippen LogP contribution is 2.32. The van der Waals surface area contributed by atoms with Crippen molar-refractivity contribution in [2.45, 2.75) is 38.0 Å². The van der Waals surface area contributed by atoms with Crippen LogP contribution < -0.4 is 0 Å². The summed E-state index contributed by atoms with van der Waals surface area (Å²) in [5.41, 5.74) is 2.31. The lowest BCUT2D eigenvalue weighted by Gasteiger charge is -2.18. The summed E-state index contributed by atoms with van der Waals surface area (Å²) in [6.45, 7) is 0. The average molecular weight is 227 g/mol. The molecule has 0 aromatic carbocycles. The smallest absolute Gasteiger partial charge is 0.179 e. The highest BCUT2D eigenvalue weighted by molar-refractivity contribution is 5.45. The zero-order valence-electron chi connectivity index (χ0n) is 9.50. The third-order valence-electron chi connectivity index (χ3n) is 3.40. The van der Waals surface area contributed by atoms with E-state index in [1.54, 1.807) is 16.9 Å². The van der Waals surface area contributed by atoms with Gasteiger partial charge in [-0.05, 0) is 12.8 Å². The molecule has 2 aromatic heterocycles. The molecule has 2 aromatic rings. The van der Waals surface area contributed by atoms with Gasteiger partial charge in [0.25, 0.3) is 0 Å². The summed E-state index contributed by atoms with van der Waals surface area (Å²) in [6.07, 6.45) is 9.47. The fraction of sp³-hybridized carbons (Fsp3) is 0.500. The Morgan fingerprint density at radius 2 is 2.12 bits per heavy atom. The minimum Gasteiger partial charge on any atom is -0.234 e. The fourth-order valence-electron chi connectivity index (χ4n) is 2.51. The lowest BCUT2D eigenvalue weighted by atomic mass is 9.87. The Bertz CT molecular complexity index is 574. The fourth-order valence-corrected chi connectivity index (χ4v) is 2.51. The first kappa shape index (κ1) is 10.2. The van der Waals surface area contributed by atoms with E-state index >= 15 is 0 Å². The number of hydrogen-bond acceptors (Lipinski definition) is 4. The number of hydrogen-bond donors (Lipinski definition) is 0. The quantitative estimate of drug-likeness (QED) is 0.747. The third-order valence-corrected chi connectivity index (χ3v) is 3.40. The van der Waals surface area contributed by atoms with Gasteiger partial charge in [-0.25, -0.2) is 9.50 Å². The number of nitrogens with zero attached hydrogens (tertiary/aromatic N) is 5. The molecule has 0 unspecified atom stereocenters. The zero-order valence-corrected chi connectivity index (χ0v) is 9.50. The molecule has 0 N–H and O–H groups in total. The van der Waals surface area contributed by atoms with Crippen molar-refractivity contribution < 1.29 is 0 Å². The van der Waals surface area contributed by atoms with Crippen molar-refractivity contribution in [3.05, 3.63) is 23.7 Å². The van der Waals surface area contributed by atoms with Crippen molar-refractivity contribution in [3.63, 3.8) is 0 Å². The Kier molecular flexibility index (Phi) is 2.48. The van der Waals surface area contributed by atoms with Gasteiger partial charge in [0.1, 0.15) is 11.8 Å². The van der Waals surface area contributed by atoms with E-state index in [9.17, 15) is 0 Å². The summed E-state index contributed by atoms with van der Waals surface area (Å²) in [7, 11) is 0. The van der Waals surface area contributed by atoms with Gasteiger partial charge in [-0.15, -0.1) is 5.10 Å². The minimum atomic E-state index is 0.488. The maximum atomic E-state index is 8.80. The summed E-state index contributed by atoms with van der Waals surface area (Å²) >= 11 is 0. The molecule has 0 aliphatic heterocycles. The Morgan fingerprint density at radius 1 is 1.29 bits per heavy atom. The van der Waals surface area contributed by atoms with Crippen molar-refractivity contribution in [2.24, 2.45) is 0 Å². The van der Waals surface area contributed by atoms with Crippen LogP contribution in [0.3, 0.4) is 0 Å². The molecule has 3 rings (SSSR count). The Hall–Kier alpha value is -1.96. The molecular formula is C12H13N5.